The molecule has 1 unspecified atom stereocenters. The van der Waals surface area contributed by atoms with Crippen LogP contribution in [0.3, 0.4) is 0 Å². The van der Waals surface area contributed by atoms with Crippen LogP contribution < -0.4 is 25.4 Å². The zero-order valence-corrected chi connectivity index (χ0v) is 14.7. The van der Waals surface area contributed by atoms with Crippen molar-refractivity contribution in [2.45, 2.75) is 19.6 Å². The van der Waals surface area contributed by atoms with Crippen LogP contribution in [0.4, 0.5) is 11.4 Å². The van der Waals surface area contributed by atoms with Crippen LogP contribution in [0.2, 0.25) is 0 Å². The maximum absolute atomic E-state index is 6.47. The highest BCUT2D eigenvalue weighted by Crippen LogP contribution is 2.41. The Hall–Kier alpha value is -2.80. The van der Waals surface area contributed by atoms with Gasteiger partial charge >= 0.3 is 0 Å². The molecule has 0 spiro atoms. The number of rotatable bonds is 5. The standard InChI is InChI=1S/C18H23N5O2/c1-4-20-18-17(19)23(11-12-7-5-6-8-21-12)14-10-16(25-3)15(24-2)9-13(14)22-18/h5-10,17H,4,11,19H2,1-3H3,(H,20,22). The summed E-state index contributed by atoms with van der Waals surface area (Å²) in [4.78, 5) is 11.0. The minimum atomic E-state index is -0.396. The smallest absolute Gasteiger partial charge is 0.162 e. The second kappa shape index (κ2) is 7.40. The van der Waals surface area contributed by atoms with Crippen molar-refractivity contribution in [3.8, 4) is 11.5 Å². The first-order valence-corrected chi connectivity index (χ1v) is 8.17. The summed E-state index contributed by atoms with van der Waals surface area (Å²) in [6.07, 6.45) is 1.38. The zero-order valence-electron chi connectivity index (χ0n) is 14.7. The van der Waals surface area contributed by atoms with Crippen molar-refractivity contribution in [2.24, 2.45) is 10.7 Å². The first kappa shape index (κ1) is 17.0. The molecule has 132 valence electrons. The van der Waals surface area contributed by atoms with Crippen LogP contribution in [-0.2, 0) is 6.54 Å². The average Bonchev–Trinajstić information content (AvgIpc) is 2.65. The molecule has 1 aromatic heterocycles. The molecule has 2 aromatic rings. The number of hydrogen-bond acceptors (Lipinski definition) is 6. The molecule has 0 bridgehead atoms. The quantitative estimate of drug-likeness (QED) is 0.867. The topological polar surface area (TPSA) is 85.0 Å². The minimum Gasteiger partial charge on any atom is -0.493 e. The van der Waals surface area contributed by atoms with E-state index >= 15 is 0 Å². The third kappa shape index (κ3) is 3.36. The highest BCUT2D eigenvalue weighted by Gasteiger charge is 2.30. The van der Waals surface area contributed by atoms with Gasteiger partial charge in [-0.3, -0.25) is 9.98 Å². The Morgan fingerprint density at radius 1 is 1.24 bits per heavy atom. The third-order valence-electron chi connectivity index (χ3n) is 4.08. The van der Waals surface area contributed by atoms with E-state index in [9.17, 15) is 0 Å². The summed E-state index contributed by atoms with van der Waals surface area (Å²) >= 11 is 0. The van der Waals surface area contributed by atoms with Gasteiger partial charge in [-0.2, -0.15) is 0 Å². The third-order valence-corrected chi connectivity index (χ3v) is 4.08. The Kier molecular flexibility index (Phi) is 5.04. The number of aromatic nitrogens is 1. The summed E-state index contributed by atoms with van der Waals surface area (Å²) in [6.45, 7) is 3.19. The molecule has 3 rings (SSSR count). The SMILES string of the molecule is CCN=C1Nc2cc(OC)c(OC)cc2N(Cc2ccccn2)C1N. The largest absolute Gasteiger partial charge is 0.493 e. The number of amidine groups is 1. The first-order chi connectivity index (χ1) is 12.2. The predicted molar refractivity (Wildman–Crippen MR) is 99.5 cm³/mol. The lowest BCUT2D eigenvalue weighted by Gasteiger charge is -2.38. The number of fused-ring (bicyclic) bond motifs is 1. The summed E-state index contributed by atoms with van der Waals surface area (Å²) < 4.78 is 10.9. The Morgan fingerprint density at radius 2 is 2.00 bits per heavy atom. The monoisotopic (exact) mass is 341 g/mol. The highest BCUT2D eigenvalue weighted by atomic mass is 16.5. The van der Waals surface area contributed by atoms with Gasteiger partial charge in [-0.05, 0) is 19.1 Å². The van der Waals surface area contributed by atoms with Gasteiger partial charge in [-0.25, -0.2) is 0 Å². The second-order valence-corrected chi connectivity index (χ2v) is 5.60. The van der Waals surface area contributed by atoms with Gasteiger partial charge < -0.3 is 25.4 Å². The van der Waals surface area contributed by atoms with E-state index in [2.05, 4.69) is 20.2 Å². The van der Waals surface area contributed by atoms with E-state index in [1.165, 1.54) is 0 Å². The molecule has 25 heavy (non-hydrogen) atoms. The number of benzene rings is 1. The summed E-state index contributed by atoms with van der Waals surface area (Å²) in [5.41, 5.74) is 9.19. The molecule has 1 aliphatic heterocycles. The van der Waals surface area contributed by atoms with E-state index in [0.717, 1.165) is 22.9 Å². The van der Waals surface area contributed by atoms with Crippen LogP contribution in [-0.4, -0.2) is 37.7 Å². The van der Waals surface area contributed by atoms with Gasteiger partial charge in [0.1, 0.15) is 12.0 Å². The normalized spacial score (nSPS) is 17.8. The van der Waals surface area contributed by atoms with Crippen molar-refractivity contribution in [1.82, 2.24) is 4.98 Å². The number of anilines is 2. The first-order valence-electron chi connectivity index (χ1n) is 8.17. The van der Waals surface area contributed by atoms with Crippen molar-refractivity contribution in [3.63, 3.8) is 0 Å². The van der Waals surface area contributed by atoms with E-state index in [0.29, 0.717) is 24.6 Å². The van der Waals surface area contributed by atoms with E-state index in [-0.39, 0.29) is 0 Å². The van der Waals surface area contributed by atoms with Crippen molar-refractivity contribution >= 4 is 17.2 Å². The average molecular weight is 341 g/mol. The van der Waals surface area contributed by atoms with Gasteiger partial charge in [-0.1, -0.05) is 6.07 Å². The van der Waals surface area contributed by atoms with Crippen LogP contribution in [0, 0.1) is 0 Å². The summed E-state index contributed by atoms with van der Waals surface area (Å²) in [5, 5.41) is 3.32. The molecule has 2 heterocycles. The van der Waals surface area contributed by atoms with Gasteiger partial charge in [-0.15, -0.1) is 0 Å². The lowest BCUT2D eigenvalue weighted by molar-refractivity contribution is 0.355. The molecule has 3 N–H and O–H groups in total. The molecule has 0 saturated carbocycles. The van der Waals surface area contributed by atoms with E-state index < -0.39 is 6.17 Å². The molecule has 0 fully saturated rings. The zero-order chi connectivity index (χ0) is 17.8. The molecule has 0 radical (unpaired) electrons. The van der Waals surface area contributed by atoms with Crippen molar-refractivity contribution in [1.29, 1.82) is 0 Å². The van der Waals surface area contributed by atoms with Crippen LogP contribution in [0.1, 0.15) is 12.6 Å². The molecule has 1 atom stereocenters. The van der Waals surface area contributed by atoms with Crippen LogP contribution in [0.25, 0.3) is 0 Å². The lowest BCUT2D eigenvalue weighted by Crippen LogP contribution is -2.53. The fourth-order valence-corrected chi connectivity index (χ4v) is 2.87. The number of aliphatic imine (C=N–C) groups is 1. The number of nitrogens with two attached hydrogens (primary N) is 1. The Balaban J connectivity index is 2.07. The maximum atomic E-state index is 6.47. The Bertz CT molecular complexity index is 764. The van der Waals surface area contributed by atoms with E-state index in [1.54, 1.807) is 20.4 Å². The van der Waals surface area contributed by atoms with Crippen molar-refractivity contribution < 1.29 is 9.47 Å². The number of pyridine rings is 1. The molecule has 1 aliphatic rings. The molecular weight excluding hydrogens is 318 g/mol. The van der Waals surface area contributed by atoms with Gasteiger partial charge in [0.15, 0.2) is 11.5 Å². The Morgan fingerprint density at radius 3 is 2.64 bits per heavy atom. The van der Waals surface area contributed by atoms with Crippen LogP contribution >= 0.6 is 0 Å². The van der Waals surface area contributed by atoms with Crippen LogP contribution in [0.5, 0.6) is 11.5 Å². The number of hydrogen-bond donors (Lipinski definition) is 2. The molecular formula is C18H23N5O2. The second-order valence-electron chi connectivity index (χ2n) is 5.60. The van der Waals surface area contributed by atoms with E-state index in [4.69, 9.17) is 15.2 Å². The predicted octanol–water partition coefficient (Wildman–Crippen LogP) is 2.23. The van der Waals surface area contributed by atoms with Crippen molar-refractivity contribution in [3.05, 3.63) is 42.2 Å². The number of nitrogens with zero attached hydrogens (tertiary/aromatic N) is 3. The van der Waals surface area contributed by atoms with Crippen LogP contribution in [0.15, 0.2) is 41.5 Å². The van der Waals surface area contributed by atoms with Gasteiger partial charge in [0.25, 0.3) is 0 Å². The number of ether oxygens (including phenoxy) is 2. The summed E-state index contributed by atoms with van der Waals surface area (Å²) in [7, 11) is 3.24. The summed E-state index contributed by atoms with van der Waals surface area (Å²) in [6, 6.07) is 9.66. The molecule has 0 saturated heterocycles. The fraction of sp³-hybridized carbons (Fsp3) is 0.333. The van der Waals surface area contributed by atoms with Crippen molar-refractivity contribution in [2.75, 3.05) is 31.0 Å². The summed E-state index contributed by atoms with van der Waals surface area (Å²) in [5.74, 6) is 2.02. The molecule has 0 aliphatic carbocycles. The molecule has 1 aromatic carbocycles. The van der Waals surface area contributed by atoms with Gasteiger partial charge in [0, 0.05) is 24.9 Å². The molecule has 0 amide bonds. The maximum Gasteiger partial charge on any atom is 0.162 e. The molecule has 7 heteroatoms. The Labute approximate surface area is 147 Å². The highest BCUT2D eigenvalue weighted by molar-refractivity contribution is 6.07. The van der Waals surface area contributed by atoms with Gasteiger partial charge in [0.2, 0.25) is 0 Å². The number of methoxy groups -OCH3 is 2. The fourth-order valence-electron chi connectivity index (χ4n) is 2.87. The minimum absolute atomic E-state index is 0.396. The van der Waals surface area contributed by atoms with E-state index in [1.807, 2.05) is 37.3 Å². The lowest BCUT2D eigenvalue weighted by atomic mass is 10.1. The van der Waals surface area contributed by atoms with Gasteiger partial charge in [0.05, 0.1) is 37.8 Å². The number of nitrogens with one attached hydrogen (secondary N) is 1. The molecule has 7 nitrogen and oxygen atoms in total.